The Morgan fingerprint density at radius 2 is 0.923 bits per heavy atom. The Morgan fingerprint density at radius 3 is 0.923 bits per heavy atom. The van der Waals surface area contributed by atoms with E-state index in [4.69, 9.17) is 0 Å². The lowest BCUT2D eigenvalue weighted by atomic mass is 10.0. The first-order valence-electron chi connectivity index (χ1n) is 3.83. The van der Waals surface area contributed by atoms with Crippen LogP contribution in [0.25, 0.3) is 0 Å². The van der Waals surface area contributed by atoms with Crippen molar-refractivity contribution in [2.45, 2.75) is 46.4 Å². The Kier molecular flexibility index (Phi) is 17.8. The first kappa shape index (κ1) is 23.8. The molecular weight excluding hydrogens is 217 g/mol. The second kappa shape index (κ2) is 9.75. The fourth-order valence-electron chi connectivity index (χ4n) is 0. The molecule has 0 bridgehead atoms. The van der Waals surface area contributed by atoms with Gasteiger partial charge in [0.2, 0.25) is 0 Å². The highest BCUT2D eigenvalue weighted by Crippen LogP contribution is 2.42. The van der Waals surface area contributed by atoms with Crippen LogP contribution in [-0.4, -0.2) is 4.90 Å². The molecule has 0 spiro atoms. The Hall–Kier alpha value is 1.21. The highest BCUT2D eigenvalue weighted by atomic mass is 32.0. The second-order valence-electron chi connectivity index (χ2n) is 4.87. The summed E-state index contributed by atoms with van der Waals surface area (Å²) in [7, 11) is 6.46. The fourth-order valence-corrected chi connectivity index (χ4v) is 0. The van der Waals surface area contributed by atoms with Gasteiger partial charge < -0.3 is 12.3 Å². The van der Waals surface area contributed by atoms with Crippen LogP contribution in [0, 0.1) is 5.41 Å². The van der Waals surface area contributed by atoms with E-state index in [9.17, 15) is 0 Å². The molecule has 0 saturated heterocycles. The zero-order chi connectivity index (χ0) is 9.71. The summed E-state index contributed by atoms with van der Waals surface area (Å²) < 4.78 is 0. The number of rotatable bonds is 1. The van der Waals surface area contributed by atoms with Gasteiger partial charge in [-0.2, -0.15) is 0 Å². The van der Waals surface area contributed by atoms with Crippen molar-refractivity contribution >= 4 is 26.4 Å². The molecule has 86 valence electrons. The Morgan fingerprint density at radius 1 is 0.846 bits per heavy atom. The standard InChI is InChI=1S/C5H12.C3H11P3.2H3N/c1-5(2,3)4;1-3(2,4)6-5;;/h1-4H3;6H,4-5H2,1-2H3;2*1H3. The smallest absolute Gasteiger partial charge is 0.00000826 e. The van der Waals surface area contributed by atoms with Crippen LogP contribution in [0.2, 0.25) is 0 Å². The van der Waals surface area contributed by atoms with Gasteiger partial charge in [0, 0.05) is 0 Å². The third-order valence-electron chi connectivity index (χ3n) is 0.372. The van der Waals surface area contributed by atoms with Crippen LogP contribution in [-0.2, 0) is 0 Å². The summed E-state index contributed by atoms with van der Waals surface area (Å²) in [6.45, 7) is 13.1. The zero-order valence-corrected chi connectivity index (χ0v) is 13.4. The largest absolute Gasteiger partial charge is 0.344 e. The average Bonchev–Trinajstić information content (AvgIpc) is 1.59. The molecule has 0 aliphatic heterocycles. The molecule has 0 rings (SSSR count). The van der Waals surface area contributed by atoms with Gasteiger partial charge in [-0.3, -0.25) is 0 Å². The van der Waals surface area contributed by atoms with E-state index in [0.717, 1.165) is 8.27 Å². The van der Waals surface area contributed by atoms with Gasteiger partial charge in [0.15, 0.2) is 0 Å². The van der Waals surface area contributed by atoms with Crippen LogP contribution in [0.3, 0.4) is 0 Å². The van der Waals surface area contributed by atoms with Crippen molar-refractivity contribution in [2.75, 3.05) is 0 Å². The van der Waals surface area contributed by atoms with E-state index in [0.29, 0.717) is 10.3 Å². The van der Waals surface area contributed by atoms with E-state index >= 15 is 0 Å². The van der Waals surface area contributed by atoms with E-state index in [-0.39, 0.29) is 12.3 Å². The maximum atomic E-state index is 2.78. The molecule has 0 heterocycles. The molecule has 2 nitrogen and oxygen atoms in total. The quantitative estimate of drug-likeness (QED) is 0.671. The first-order valence-corrected chi connectivity index (χ1v) is 7.21. The Labute approximate surface area is 91.0 Å². The molecule has 5 heteroatoms. The summed E-state index contributed by atoms with van der Waals surface area (Å²) in [5.41, 5.74) is 0.500. The predicted octanol–water partition coefficient (Wildman–Crippen LogP) is 4.44. The lowest BCUT2D eigenvalue weighted by molar-refractivity contribution is 0.469. The minimum Gasteiger partial charge on any atom is -0.344 e. The SMILES string of the molecule is CC(C)(C)C.CC(C)(P)PP.N.N. The van der Waals surface area contributed by atoms with Crippen LogP contribution < -0.4 is 12.3 Å². The van der Waals surface area contributed by atoms with E-state index in [2.05, 4.69) is 59.7 Å². The molecule has 0 aliphatic rings. The topological polar surface area (TPSA) is 70.0 Å². The molecule has 13 heavy (non-hydrogen) atoms. The second-order valence-corrected chi connectivity index (χ2v) is 9.33. The summed E-state index contributed by atoms with van der Waals surface area (Å²) >= 11 is 0. The Bertz CT molecular complexity index is 88.5. The van der Waals surface area contributed by atoms with Crippen molar-refractivity contribution in [3.63, 3.8) is 0 Å². The van der Waals surface area contributed by atoms with Crippen LogP contribution >= 0.6 is 26.4 Å². The molecule has 3 unspecified atom stereocenters. The summed E-state index contributed by atoms with van der Waals surface area (Å²) in [5, 5.41) is 0. The lowest BCUT2D eigenvalue weighted by Gasteiger charge is -2.12. The van der Waals surface area contributed by atoms with Crippen molar-refractivity contribution in [1.29, 1.82) is 0 Å². The van der Waals surface area contributed by atoms with E-state index < -0.39 is 0 Å². The molecule has 0 amide bonds. The van der Waals surface area contributed by atoms with Crippen molar-refractivity contribution in [3.05, 3.63) is 0 Å². The zero-order valence-electron chi connectivity index (χ0n) is 10.1. The summed E-state index contributed by atoms with van der Waals surface area (Å²) in [5.74, 6) is 0. The average molecular weight is 246 g/mol. The van der Waals surface area contributed by atoms with Gasteiger partial charge in [0.25, 0.3) is 0 Å². The maximum Gasteiger partial charge on any atom is -0.00000826 e. The van der Waals surface area contributed by atoms with Crippen molar-refractivity contribution in [1.82, 2.24) is 12.3 Å². The molecule has 0 fully saturated rings. The van der Waals surface area contributed by atoms with Crippen LogP contribution in [0.1, 0.15) is 41.5 Å². The summed E-state index contributed by atoms with van der Waals surface area (Å²) in [4.78, 5) is 0.449. The molecule has 0 radical (unpaired) electrons. The highest BCUT2D eigenvalue weighted by molar-refractivity contribution is 8.05. The van der Waals surface area contributed by atoms with Gasteiger partial charge in [-0.05, 0) is 10.3 Å². The molecule has 0 aromatic rings. The van der Waals surface area contributed by atoms with E-state index in [1.54, 1.807) is 0 Å². The minimum absolute atomic E-state index is 0. The monoisotopic (exact) mass is 246 g/mol. The van der Waals surface area contributed by atoms with Gasteiger partial charge in [-0.25, -0.2) is 0 Å². The van der Waals surface area contributed by atoms with Gasteiger partial charge in [-0.15, -0.1) is 18.2 Å². The fraction of sp³-hybridized carbons (Fsp3) is 1.00. The van der Waals surface area contributed by atoms with Crippen LogP contribution in [0.4, 0.5) is 0 Å². The molecule has 3 atom stereocenters. The third-order valence-corrected chi connectivity index (χ3v) is 4.85. The maximum absolute atomic E-state index is 2.78. The number of hydrogen-bond acceptors (Lipinski definition) is 2. The van der Waals surface area contributed by atoms with Crippen LogP contribution in [0.15, 0.2) is 0 Å². The predicted molar refractivity (Wildman–Crippen MR) is 77.0 cm³/mol. The van der Waals surface area contributed by atoms with Crippen LogP contribution in [0.5, 0.6) is 0 Å². The van der Waals surface area contributed by atoms with E-state index in [1.165, 1.54) is 0 Å². The third kappa shape index (κ3) is 93.7. The minimum atomic E-state index is 0. The molecular formula is C8H29N2P3. The highest BCUT2D eigenvalue weighted by Gasteiger charge is 2.03. The van der Waals surface area contributed by atoms with Crippen molar-refractivity contribution < 1.29 is 0 Å². The molecule has 0 aliphatic carbocycles. The molecule has 0 aromatic carbocycles. The molecule has 6 N–H and O–H groups in total. The summed E-state index contributed by atoms with van der Waals surface area (Å²) in [6.07, 6.45) is 0. The molecule has 0 aromatic heterocycles. The van der Waals surface area contributed by atoms with Gasteiger partial charge in [-0.1, -0.05) is 49.8 Å². The van der Waals surface area contributed by atoms with Crippen molar-refractivity contribution in [3.8, 4) is 0 Å². The van der Waals surface area contributed by atoms with E-state index in [1.807, 2.05) is 0 Å². The summed E-state index contributed by atoms with van der Waals surface area (Å²) in [6, 6.07) is 0. The first-order chi connectivity index (χ1) is 4.56. The number of hydrogen-bond donors (Lipinski definition) is 2. The van der Waals surface area contributed by atoms with Gasteiger partial charge >= 0.3 is 0 Å². The normalized spacial score (nSPS) is 11.1. The van der Waals surface area contributed by atoms with Gasteiger partial charge in [0.05, 0.1) is 0 Å². The lowest BCUT2D eigenvalue weighted by Crippen LogP contribution is -1.93. The Balaban J connectivity index is -0.0000000546. The van der Waals surface area contributed by atoms with Gasteiger partial charge in [0.1, 0.15) is 0 Å². The van der Waals surface area contributed by atoms with Crippen molar-refractivity contribution in [2.24, 2.45) is 5.41 Å². The molecule has 0 saturated carbocycles.